The normalized spacial score (nSPS) is 22.4. The fraction of sp³-hybridized carbons (Fsp3) is 0.467. The highest BCUT2D eigenvalue weighted by molar-refractivity contribution is 5.96. The molecule has 1 aliphatic rings. The summed E-state index contributed by atoms with van der Waals surface area (Å²) in [6.45, 7) is 0.222. The van der Waals surface area contributed by atoms with Crippen LogP contribution in [0.15, 0.2) is 30.3 Å². The number of hydrogen-bond acceptors (Lipinski definition) is 4. The van der Waals surface area contributed by atoms with Crippen LogP contribution in [0.25, 0.3) is 0 Å². The van der Waals surface area contributed by atoms with Crippen LogP contribution in [0.4, 0.5) is 4.79 Å². The van der Waals surface area contributed by atoms with Crippen molar-refractivity contribution in [2.24, 2.45) is 0 Å². The van der Waals surface area contributed by atoms with Gasteiger partial charge >= 0.3 is 6.09 Å². The molecule has 0 aliphatic carbocycles. The molecule has 0 aromatic heterocycles. The van der Waals surface area contributed by atoms with Crippen molar-refractivity contribution in [3.05, 3.63) is 35.9 Å². The summed E-state index contributed by atoms with van der Waals surface area (Å²) in [5, 5.41) is 9.66. The van der Waals surface area contributed by atoms with E-state index in [0.29, 0.717) is 18.4 Å². The van der Waals surface area contributed by atoms with Gasteiger partial charge in [0.05, 0.1) is 19.8 Å². The summed E-state index contributed by atoms with van der Waals surface area (Å²) in [5.41, 5.74) is 0.642. The molecule has 20 heavy (non-hydrogen) atoms. The predicted octanol–water partition coefficient (Wildman–Crippen LogP) is 1.85. The fourth-order valence-corrected chi connectivity index (χ4v) is 2.52. The summed E-state index contributed by atoms with van der Waals surface area (Å²) >= 11 is 0. The number of aliphatic hydroxyl groups is 1. The predicted molar refractivity (Wildman–Crippen MR) is 73.5 cm³/mol. The van der Waals surface area contributed by atoms with E-state index in [-0.39, 0.29) is 24.8 Å². The quantitative estimate of drug-likeness (QED) is 0.856. The molecule has 1 heterocycles. The SMILES string of the molecule is COC(=O)N1C[C@@H](O)CC[C@@H]1CC(=O)c1ccccc1. The maximum absolute atomic E-state index is 12.2. The molecule has 0 radical (unpaired) electrons. The van der Waals surface area contributed by atoms with E-state index >= 15 is 0 Å². The van der Waals surface area contributed by atoms with Gasteiger partial charge < -0.3 is 14.7 Å². The molecular weight excluding hydrogens is 258 g/mol. The number of piperidine rings is 1. The average molecular weight is 277 g/mol. The minimum absolute atomic E-state index is 0.000827. The first-order valence-corrected chi connectivity index (χ1v) is 6.72. The van der Waals surface area contributed by atoms with E-state index in [1.165, 1.54) is 12.0 Å². The van der Waals surface area contributed by atoms with Gasteiger partial charge in [-0.25, -0.2) is 4.79 Å². The van der Waals surface area contributed by atoms with Gasteiger partial charge in [0.15, 0.2) is 5.78 Å². The molecule has 1 amide bonds. The standard InChI is InChI=1S/C15H19NO4/c1-20-15(19)16-10-13(17)8-7-12(16)9-14(18)11-5-3-2-4-6-11/h2-6,12-13,17H,7-10H2,1H3/t12-,13+/m1/s1. The molecule has 1 saturated heterocycles. The third kappa shape index (κ3) is 3.36. The molecule has 0 saturated carbocycles. The molecule has 1 fully saturated rings. The second kappa shape index (κ2) is 6.52. The van der Waals surface area contributed by atoms with Gasteiger partial charge in [-0.1, -0.05) is 30.3 Å². The van der Waals surface area contributed by atoms with Crippen LogP contribution in [0.2, 0.25) is 0 Å². The highest BCUT2D eigenvalue weighted by Crippen LogP contribution is 2.22. The maximum atomic E-state index is 12.2. The zero-order valence-electron chi connectivity index (χ0n) is 11.5. The van der Waals surface area contributed by atoms with Crippen LogP contribution in [0.1, 0.15) is 29.6 Å². The fourth-order valence-electron chi connectivity index (χ4n) is 2.52. The Bertz CT molecular complexity index is 474. The van der Waals surface area contributed by atoms with Crippen molar-refractivity contribution < 1.29 is 19.4 Å². The van der Waals surface area contributed by atoms with Crippen molar-refractivity contribution >= 4 is 11.9 Å². The van der Waals surface area contributed by atoms with Gasteiger partial charge in [-0.2, -0.15) is 0 Å². The molecule has 2 rings (SSSR count). The zero-order chi connectivity index (χ0) is 14.5. The number of ketones is 1. The van der Waals surface area contributed by atoms with E-state index in [2.05, 4.69) is 0 Å². The second-order valence-corrected chi connectivity index (χ2v) is 5.00. The highest BCUT2D eigenvalue weighted by Gasteiger charge is 2.32. The van der Waals surface area contributed by atoms with Gasteiger partial charge in [-0.15, -0.1) is 0 Å². The van der Waals surface area contributed by atoms with Gasteiger partial charge in [-0.3, -0.25) is 4.79 Å². The van der Waals surface area contributed by atoms with Crippen molar-refractivity contribution in [3.63, 3.8) is 0 Å². The molecule has 1 aromatic carbocycles. The first-order valence-electron chi connectivity index (χ1n) is 6.72. The van der Waals surface area contributed by atoms with Crippen LogP contribution in [-0.4, -0.2) is 47.7 Å². The third-order valence-corrected chi connectivity index (χ3v) is 3.61. The number of ether oxygens (including phenoxy) is 1. The van der Waals surface area contributed by atoms with Crippen LogP contribution >= 0.6 is 0 Å². The molecule has 0 unspecified atom stereocenters. The number of Topliss-reactive ketones (excluding diaryl/α,β-unsaturated/α-hetero) is 1. The minimum atomic E-state index is -0.544. The Kier molecular flexibility index (Phi) is 4.74. The Balaban J connectivity index is 2.06. The number of carbonyl (C=O) groups is 2. The Morgan fingerprint density at radius 2 is 2.00 bits per heavy atom. The first kappa shape index (κ1) is 14.5. The molecule has 2 atom stereocenters. The van der Waals surface area contributed by atoms with Crippen LogP contribution in [0, 0.1) is 0 Å². The highest BCUT2D eigenvalue weighted by atomic mass is 16.5. The summed E-state index contributed by atoms with van der Waals surface area (Å²) in [4.78, 5) is 25.4. The molecular formula is C15H19NO4. The lowest BCUT2D eigenvalue weighted by molar-refractivity contribution is 0.0279. The van der Waals surface area contributed by atoms with Crippen molar-refractivity contribution in [3.8, 4) is 0 Å². The smallest absolute Gasteiger partial charge is 0.409 e. The first-order chi connectivity index (χ1) is 9.61. The summed E-state index contributed by atoms with van der Waals surface area (Å²) in [6, 6.07) is 8.81. The number of aliphatic hydroxyl groups excluding tert-OH is 1. The molecule has 5 heteroatoms. The molecule has 108 valence electrons. The Labute approximate surface area is 118 Å². The van der Waals surface area contributed by atoms with E-state index in [0.717, 1.165) is 0 Å². The summed E-state index contributed by atoms with van der Waals surface area (Å²) in [7, 11) is 1.30. The van der Waals surface area contributed by atoms with Crippen molar-refractivity contribution in [2.45, 2.75) is 31.4 Å². The lowest BCUT2D eigenvalue weighted by Gasteiger charge is -2.36. The Morgan fingerprint density at radius 1 is 1.30 bits per heavy atom. The van der Waals surface area contributed by atoms with Gasteiger partial charge in [-0.05, 0) is 12.8 Å². The Hall–Kier alpha value is -1.88. The van der Waals surface area contributed by atoms with Crippen molar-refractivity contribution in [1.82, 2.24) is 4.90 Å². The monoisotopic (exact) mass is 277 g/mol. The van der Waals surface area contributed by atoms with E-state index in [1.54, 1.807) is 12.1 Å². The zero-order valence-corrected chi connectivity index (χ0v) is 11.5. The van der Waals surface area contributed by atoms with Gasteiger partial charge in [0, 0.05) is 18.0 Å². The van der Waals surface area contributed by atoms with Crippen LogP contribution in [0.5, 0.6) is 0 Å². The van der Waals surface area contributed by atoms with Gasteiger partial charge in [0.2, 0.25) is 0 Å². The summed E-state index contributed by atoms with van der Waals surface area (Å²) < 4.78 is 4.72. The number of rotatable bonds is 3. The number of carbonyl (C=O) groups excluding carboxylic acids is 2. The Morgan fingerprint density at radius 3 is 2.65 bits per heavy atom. The molecule has 0 spiro atoms. The van der Waals surface area contributed by atoms with Gasteiger partial charge in [0.1, 0.15) is 0 Å². The molecule has 1 N–H and O–H groups in total. The lowest BCUT2D eigenvalue weighted by Crippen LogP contribution is -2.49. The van der Waals surface area contributed by atoms with Crippen LogP contribution in [0.3, 0.4) is 0 Å². The summed E-state index contributed by atoms with van der Waals surface area (Å²) in [6.07, 6.45) is 0.424. The van der Waals surface area contributed by atoms with Crippen molar-refractivity contribution in [2.75, 3.05) is 13.7 Å². The average Bonchev–Trinajstić information content (AvgIpc) is 2.49. The maximum Gasteiger partial charge on any atom is 0.409 e. The van der Waals surface area contributed by atoms with E-state index in [4.69, 9.17) is 4.74 Å². The number of likely N-dealkylation sites (tertiary alicyclic amines) is 1. The number of hydrogen-bond donors (Lipinski definition) is 1. The molecule has 0 bridgehead atoms. The summed E-state index contributed by atoms with van der Waals surface area (Å²) in [5.74, 6) is 0.000827. The number of nitrogens with zero attached hydrogens (tertiary/aromatic N) is 1. The molecule has 5 nitrogen and oxygen atoms in total. The largest absolute Gasteiger partial charge is 0.453 e. The number of amides is 1. The van der Waals surface area contributed by atoms with E-state index in [1.807, 2.05) is 18.2 Å². The van der Waals surface area contributed by atoms with Crippen molar-refractivity contribution in [1.29, 1.82) is 0 Å². The van der Waals surface area contributed by atoms with E-state index in [9.17, 15) is 14.7 Å². The molecule has 1 aromatic rings. The van der Waals surface area contributed by atoms with Gasteiger partial charge in [0.25, 0.3) is 0 Å². The van der Waals surface area contributed by atoms with Crippen LogP contribution in [-0.2, 0) is 4.74 Å². The lowest BCUT2D eigenvalue weighted by atomic mass is 9.94. The number of benzene rings is 1. The minimum Gasteiger partial charge on any atom is -0.453 e. The molecule has 1 aliphatic heterocycles. The second-order valence-electron chi connectivity index (χ2n) is 5.00. The topological polar surface area (TPSA) is 66.8 Å². The number of methoxy groups -OCH3 is 1. The number of β-amino-alcohol motifs (C(OH)–C–C–N with tert-alkyl or cyclic N) is 1. The third-order valence-electron chi connectivity index (χ3n) is 3.61. The van der Waals surface area contributed by atoms with E-state index < -0.39 is 12.2 Å². The van der Waals surface area contributed by atoms with Crippen LogP contribution < -0.4 is 0 Å².